The van der Waals surface area contributed by atoms with E-state index in [-0.39, 0.29) is 17.8 Å². The standard InChI is InChI=1S/C26H31NO5/c1-17-6-8-27(9-7-17)14-20(28)15-30-21-4-5-23-24(13-21)31-16-25(26(23)29)32-22-11-18(2)10-19(3)12-22/h4-5,10-13,16-17,20,28H,6-9,14-15H2,1-3H3/t20-/m0/s1. The zero-order valence-electron chi connectivity index (χ0n) is 19.0. The van der Waals surface area contributed by atoms with Crippen molar-refractivity contribution in [3.8, 4) is 17.2 Å². The zero-order valence-corrected chi connectivity index (χ0v) is 19.0. The van der Waals surface area contributed by atoms with Crippen molar-refractivity contribution >= 4 is 11.0 Å². The number of aliphatic hydroxyl groups excluding tert-OH is 1. The summed E-state index contributed by atoms with van der Waals surface area (Å²) >= 11 is 0. The molecule has 0 aliphatic carbocycles. The maximum absolute atomic E-state index is 12.9. The van der Waals surface area contributed by atoms with Gasteiger partial charge in [0, 0.05) is 12.6 Å². The Balaban J connectivity index is 1.41. The first-order chi connectivity index (χ1) is 15.4. The van der Waals surface area contributed by atoms with Crippen molar-refractivity contribution in [2.24, 2.45) is 5.92 Å². The molecule has 1 saturated heterocycles. The molecule has 2 heterocycles. The first-order valence-electron chi connectivity index (χ1n) is 11.2. The number of nitrogens with zero attached hydrogens (tertiary/aromatic N) is 1. The molecule has 1 N–H and O–H groups in total. The lowest BCUT2D eigenvalue weighted by Crippen LogP contribution is -2.40. The maximum atomic E-state index is 12.9. The Bertz CT molecular complexity index is 1110. The number of β-amino-alcohol motifs (C(OH)–C–C–N with tert-alkyl or cyclic N) is 1. The van der Waals surface area contributed by atoms with Crippen molar-refractivity contribution in [2.45, 2.75) is 39.7 Å². The molecular weight excluding hydrogens is 406 g/mol. The van der Waals surface area contributed by atoms with Gasteiger partial charge in [-0.1, -0.05) is 13.0 Å². The van der Waals surface area contributed by atoms with Crippen LogP contribution in [-0.2, 0) is 0 Å². The van der Waals surface area contributed by atoms with E-state index in [2.05, 4.69) is 11.8 Å². The summed E-state index contributed by atoms with van der Waals surface area (Å²) in [6, 6.07) is 10.9. The molecule has 32 heavy (non-hydrogen) atoms. The fourth-order valence-electron chi connectivity index (χ4n) is 4.16. The van der Waals surface area contributed by atoms with Crippen molar-refractivity contribution in [3.63, 3.8) is 0 Å². The van der Waals surface area contributed by atoms with Crippen LogP contribution in [0.1, 0.15) is 30.9 Å². The largest absolute Gasteiger partial charge is 0.491 e. The van der Waals surface area contributed by atoms with Crippen LogP contribution >= 0.6 is 0 Å². The van der Waals surface area contributed by atoms with Crippen LogP contribution in [0.2, 0.25) is 0 Å². The highest BCUT2D eigenvalue weighted by molar-refractivity contribution is 5.79. The predicted molar refractivity (Wildman–Crippen MR) is 125 cm³/mol. The van der Waals surface area contributed by atoms with E-state index in [1.54, 1.807) is 18.2 Å². The highest BCUT2D eigenvalue weighted by Gasteiger charge is 2.19. The Morgan fingerprint density at radius 1 is 1.09 bits per heavy atom. The number of piperidine rings is 1. The second-order valence-electron chi connectivity index (χ2n) is 8.96. The van der Waals surface area contributed by atoms with Crippen molar-refractivity contribution in [2.75, 3.05) is 26.2 Å². The first-order valence-corrected chi connectivity index (χ1v) is 11.2. The first kappa shape index (κ1) is 22.4. The molecule has 0 bridgehead atoms. The summed E-state index contributed by atoms with van der Waals surface area (Å²) in [5, 5.41) is 10.8. The summed E-state index contributed by atoms with van der Waals surface area (Å²) < 4.78 is 17.2. The van der Waals surface area contributed by atoms with E-state index in [9.17, 15) is 9.90 Å². The van der Waals surface area contributed by atoms with Crippen LogP contribution in [0.3, 0.4) is 0 Å². The van der Waals surface area contributed by atoms with Crippen LogP contribution in [0, 0.1) is 19.8 Å². The highest BCUT2D eigenvalue weighted by atomic mass is 16.5. The Labute approximate surface area is 188 Å². The Morgan fingerprint density at radius 2 is 1.81 bits per heavy atom. The Morgan fingerprint density at radius 3 is 2.53 bits per heavy atom. The second-order valence-corrected chi connectivity index (χ2v) is 8.96. The number of aliphatic hydroxyl groups is 1. The maximum Gasteiger partial charge on any atom is 0.235 e. The van der Waals surface area contributed by atoms with Gasteiger partial charge >= 0.3 is 0 Å². The van der Waals surface area contributed by atoms with E-state index in [0.717, 1.165) is 30.1 Å². The summed E-state index contributed by atoms with van der Waals surface area (Å²) in [5.41, 5.74) is 2.30. The van der Waals surface area contributed by atoms with Crippen LogP contribution in [0.25, 0.3) is 11.0 Å². The molecule has 1 fully saturated rings. The van der Waals surface area contributed by atoms with E-state index in [1.807, 2.05) is 32.0 Å². The van der Waals surface area contributed by atoms with Crippen molar-refractivity contribution in [1.82, 2.24) is 4.90 Å². The van der Waals surface area contributed by atoms with Crippen LogP contribution in [0.5, 0.6) is 17.2 Å². The van der Waals surface area contributed by atoms with Gasteiger partial charge in [0.1, 0.15) is 36.1 Å². The lowest BCUT2D eigenvalue weighted by molar-refractivity contribution is 0.0563. The molecule has 3 aromatic rings. The van der Waals surface area contributed by atoms with E-state index in [0.29, 0.717) is 29.0 Å². The molecule has 1 aliphatic rings. The zero-order chi connectivity index (χ0) is 22.7. The van der Waals surface area contributed by atoms with Gasteiger partial charge in [-0.15, -0.1) is 0 Å². The summed E-state index contributed by atoms with van der Waals surface area (Å²) in [6.07, 6.45) is 3.11. The van der Waals surface area contributed by atoms with Crippen LogP contribution in [0.15, 0.2) is 51.9 Å². The minimum absolute atomic E-state index is 0.141. The third kappa shape index (κ3) is 5.50. The summed E-state index contributed by atoms with van der Waals surface area (Å²) in [7, 11) is 0. The van der Waals surface area contributed by atoms with Crippen LogP contribution in [0.4, 0.5) is 0 Å². The molecule has 2 aromatic carbocycles. The topological polar surface area (TPSA) is 72.1 Å². The lowest BCUT2D eigenvalue weighted by atomic mass is 9.99. The van der Waals surface area contributed by atoms with Gasteiger partial charge in [0.05, 0.1) is 5.39 Å². The van der Waals surface area contributed by atoms with Gasteiger partial charge in [-0.2, -0.15) is 0 Å². The molecule has 0 spiro atoms. The number of rotatable bonds is 7. The SMILES string of the molecule is Cc1cc(C)cc(Oc2coc3cc(OC[C@@H](O)CN4CCC(C)CC4)ccc3c2=O)c1. The molecule has 1 aliphatic heterocycles. The van der Waals surface area contributed by atoms with Gasteiger partial charge in [0.15, 0.2) is 0 Å². The van der Waals surface area contributed by atoms with Gasteiger partial charge in [0.25, 0.3) is 0 Å². The molecule has 0 saturated carbocycles. The molecule has 1 atom stereocenters. The highest BCUT2D eigenvalue weighted by Crippen LogP contribution is 2.25. The molecule has 1 aromatic heterocycles. The number of ether oxygens (including phenoxy) is 2. The van der Waals surface area contributed by atoms with Gasteiger partial charge in [-0.3, -0.25) is 4.79 Å². The molecule has 0 radical (unpaired) electrons. The summed E-state index contributed by atoms with van der Waals surface area (Å²) in [5.74, 6) is 2.06. The van der Waals surface area contributed by atoms with E-state index in [4.69, 9.17) is 13.9 Å². The minimum atomic E-state index is -0.570. The Hall–Kier alpha value is -2.83. The second kappa shape index (κ2) is 9.76. The fourth-order valence-corrected chi connectivity index (χ4v) is 4.16. The molecule has 0 unspecified atom stereocenters. The number of fused-ring (bicyclic) bond motifs is 1. The monoisotopic (exact) mass is 437 g/mol. The van der Waals surface area contributed by atoms with Gasteiger partial charge in [-0.25, -0.2) is 0 Å². The quantitative estimate of drug-likeness (QED) is 0.579. The molecular formula is C26H31NO5. The number of aryl methyl sites for hydroxylation is 2. The van der Waals surface area contributed by atoms with Crippen molar-refractivity contribution in [1.29, 1.82) is 0 Å². The van der Waals surface area contributed by atoms with E-state index < -0.39 is 6.10 Å². The van der Waals surface area contributed by atoms with Gasteiger partial charge in [-0.05, 0) is 81.1 Å². The summed E-state index contributed by atoms with van der Waals surface area (Å²) in [4.78, 5) is 15.1. The molecule has 6 nitrogen and oxygen atoms in total. The molecule has 4 rings (SSSR count). The number of benzene rings is 2. The van der Waals surface area contributed by atoms with Crippen molar-refractivity contribution < 1.29 is 19.0 Å². The van der Waals surface area contributed by atoms with Crippen LogP contribution < -0.4 is 14.9 Å². The Kier molecular flexibility index (Phi) is 6.82. The molecule has 0 amide bonds. The third-order valence-electron chi connectivity index (χ3n) is 5.93. The molecule has 170 valence electrons. The van der Waals surface area contributed by atoms with Crippen molar-refractivity contribution in [3.05, 3.63) is 64.0 Å². The number of hydrogen-bond donors (Lipinski definition) is 1. The number of hydrogen-bond acceptors (Lipinski definition) is 6. The van der Waals surface area contributed by atoms with Gasteiger partial charge < -0.3 is 23.9 Å². The van der Waals surface area contributed by atoms with E-state index >= 15 is 0 Å². The fraction of sp³-hybridized carbons (Fsp3) is 0.423. The number of likely N-dealkylation sites (tertiary alicyclic amines) is 1. The van der Waals surface area contributed by atoms with E-state index in [1.165, 1.54) is 19.1 Å². The molecule has 6 heteroatoms. The minimum Gasteiger partial charge on any atom is -0.491 e. The smallest absolute Gasteiger partial charge is 0.235 e. The lowest BCUT2D eigenvalue weighted by Gasteiger charge is -2.31. The van der Waals surface area contributed by atoms with Crippen LogP contribution in [-0.4, -0.2) is 42.4 Å². The summed E-state index contributed by atoms with van der Waals surface area (Å²) in [6.45, 7) is 9.07. The van der Waals surface area contributed by atoms with Gasteiger partial charge in [0.2, 0.25) is 11.2 Å². The predicted octanol–water partition coefficient (Wildman–Crippen LogP) is 4.67. The normalized spacial score (nSPS) is 16.2. The average molecular weight is 438 g/mol. The average Bonchev–Trinajstić information content (AvgIpc) is 2.75. The third-order valence-corrected chi connectivity index (χ3v) is 5.93.